The van der Waals surface area contributed by atoms with Gasteiger partial charge in [0.05, 0.1) is 13.0 Å². The second kappa shape index (κ2) is 2.84. The van der Waals surface area contributed by atoms with Crippen molar-refractivity contribution in [3.8, 4) is 0 Å². The first-order valence-electron chi connectivity index (χ1n) is 4.13. The minimum Gasteiger partial charge on any atom is -0.469 e. The first-order valence-corrected chi connectivity index (χ1v) is 4.13. The van der Waals surface area contributed by atoms with Gasteiger partial charge in [-0.3, -0.25) is 4.79 Å². The maximum Gasteiger partial charge on any atom is 0.308 e. The van der Waals surface area contributed by atoms with Gasteiger partial charge in [-0.2, -0.15) is 0 Å². The van der Waals surface area contributed by atoms with E-state index in [1.807, 2.05) is 0 Å². The van der Waals surface area contributed by atoms with E-state index in [0.717, 1.165) is 19.3 Å². The van der Waals surface area contributed by atoms with E-state index >= 15 is 0 Å². The highest BCUT2D eigenvalue weighted by atomic mass is 16.5. The van der Waals surface area contributed by atoms with E-state index in [4.69, 9.17) is 0 Å². The fourth-order valence-corrected chi connectivity index (χ4v) is 1.80. The molecule has 0 aromatic carbocycles. The molecule has 0 radical (unpaired) electrons. The highest BCUT2D eigenvalue weighted by Crippen LogP contribution is 2.41. The van der Waals surface area contributed by atoms with Crippen LogP contribution >= 0.6 is 0 Å². The maximum absolute atomic E-state index is 11.1. The number of methoxy groups -OCH3 is 1. The van der Waals surface area contributed by atoms with Crippen molar-refractivity contribution in [1.82, 2.24) is 0 Å². The van der Waals surface area contributed by atoms with Crippen LogP contribution in [0, 0.1) is 11.3 Å². The first kappa shape index (κ1) is 8.57. The first-order chi connectivity index (χ1) is 5.05. The van der Waals surface area contributed by atoms with Crippen molar-refractivity contribution >= 4 is 5.97 Å². The molecule has 0 aliphatic heterocycles. The molecular weight excluding hydrogens is 140 g/mol. The Morgan fingerprint density at radius 1 is 1.55 bits per heavy atom. The second-order valence-electron chi connectivity index (χ2n) is 4.13. The molecule has 1 saturated carbocycles. The molecule has 0 saturated heterocycles. The van der Waals surface area contributed by atoms with Crippen LogP contribution in [0.3, 0.4) is 0 Å². The van der Waals surface area contributed by atoms with Gasteiger partial charge in [-0.25, -0.2) is 0 Å². The SMILES string of the molecule is COC(=O)[C@H]1CCC(C)(C)C1. The fraction of sp³-hybridized carbons (Fsp3) is 0.889. The van der Waals surface area contributed by atoms with Gasteiger partial charge in [-0.1, -0.05) is 13.8 Å². The van der Waals surface area contributed by atoms with Gasteiger partial charge in [0.2, 0.25) is 0 Å². The normalized spacial score (nSPS) is 28.5. The fourth-order valence-electron chi connectivity index (χ4n) is 1.80. The van der Waals surface area contributed by atoms with Crippen molar-refractivity contribution in [2.45, 2.75) is 33.1 Å². The van der Waals surface area contributed by atoms with E-state index in [-0.39, 0.29) is 11.9 Å². The average Bonchev–Trinajstić information content (AvgIpc) is 2.29. The zero-order valence-corrected chi connectivity index (χ0v) is 7.52. The minimum absolute atomic E-state index is 0.0319. The lowest BCUT2D eigenvalue weighted by Crippen LogP contribution is -2.14. The number of ether oxygens (including phenoxy) is 1. The summed E-state index contributed by atoms with van der Waals surface area (Å²) >= 11 is 0. The van der Waals surface area contributed by atoms with Crippen LogP contribution in [-0.2, 0) is 9.53 Å². The van der Waals surface area contributed by atoms with Crippen LogP contribution in [0.15, 0.2) is 0 Å². The lowest BCUT2D eigenvalue weighted by Gasteiger charge is -2.15. The number of rotatable bonds is 1. The lowest BCUT2D eigenvalue weighted by atomic mass is 9.91. The Morgan fingerprint density at radius 2 is 2.18 bits per heavy atom. The summed E-state index contributed by atoms with van der Waals surface area (Å²) in [6.07, 6.45) is 3.13. The standard InChI is InChI=1S/C9H16O2/c1-9(2)5-4-7(6-9)8(10)11-3/h7H,4-6H2,1-3H3/t7-/m0/s1. The number of carbonyl (C=O) groups is 1. The molecule has 1 rings (SSSR count). The van der Waals surface area contributed by atoms with Gasteiger partial charge in [0.15, 0.2) is 0 Å². The van der Waals surface area contributed by atoms with Crippen LogP contribution in [0.4, 0.5) is 0 Å². The third kappa shape index (κ3) is 1.95. The highest BCUT2D eigenvalue weighted by Gasteiger charge is 2.35. The Morgan fingerprint density at radius 3 is 2.55 bits per heavy atom. The van der Waals surface area contributed by atoms with Crippen molar-refractivity contribution in [3.05, 3.63) is 0 Å². The molecule has 64 valence electrons. The molecule has 0 aromatic heterocycles. The molecule has 2 nitrogen and oxygen atoms in total. The van der Waals surface area contributed by atoms with E-state index in [0.29, 0.717) is 5.41 Å². The third-order valence-corrected chi connectivity index (χ3v) is 2.50. The van der Waals surface area contributed by atoms with Gasteiger partial charge in [-0.05, 0) is 24.7 Å². The molecule has 0 aromatic rings. The Labute approximate surface area is 67.9 Å². The predicted octanol–water partition coefficient (Wildman–Crippen LogP) is 1.99. The summed E-state index contributed by atoms with van der Waals surface area (Å²) < 4.78 is 4.69. The van der Waals surface area contributed by atoms with Gasteiger partial charge in [0.25, 0.3) is 0 Å². The summed E-state index contributed by atoms with van der Waals surface area (Å²) in [5, 5.41) is 0. The molecule has 1 aliphatic carbocycles. The minimum atomic E-state index is -0.0319. The molecule has 0 unspecified atom stereocenters. The van der Waals surface area contributed by atoms with Gasteiger partial charge >= 0.3 is 5.97 Å². The van der Waals surface area contributed by atoms with Crippen LogP contribution in [0.2, 0.25) is 0 Å². The van der Waals surface area contributed by atoms with Gasteiger partial charge < -0.3 is 4.74 Å². The summed E-state index contributed by atoms with van der Waals surface area (Å²) in [5.41, 5.74) is 0.346. The summed E-state index contributed by atoms with van der Waals surface area (Å²) in [4.78, 5) is 11.1. The Bertz CT molecular complexity index is 161. The second-order valence-corrected chi connectivity index (χ2v) is 4.13. The molecule has 0 bridgehead atoms. The molecule has 1 atom stereocenters. The molecule has 2 heteroatoms. The number of hydrogen-bond donors (Lipinski definition) is 0. The number of hydrogen-bond acceptors (Lipinski definition) is 2. The summed E-state index contributed by atoms with van der Waals surface area (Å²) in [7, 11) is 1.47. The van der Waals surface area contributed by atoms with Crippen molar-refractivity contribution < 1.29 is 9.53 Å². The van der Waals surface area contributed by atoms with Crippen molar-refractivity contribution in [3.63, 3.8) is 0 Å². The monoisotopic (exact) mass is 156 g/mol. The predicted molar refractivity (Wildman–Crippen MR) is 43.1 cm³/mol. The molecule has 0 spiro atoms. The Kier molecular flexibility index (Phi) is 2.21. The van der Waals surface area contributed by atoms with Crippen LogP contribution < -0.4 is 0 Å². The molecular formula is C9H16O2. The van der Waals surface area contributed by atoms with Crippen molar-refractivity contribution in [2.75, 3.05) is 7.11 Å². The lowest BCUT2D eigenvalue weighted by molar-refractivity contribution is -0.145. The zero-order chi connectivity index (χ0) is 8.48. The van der Waals surface area contributed by atoms with Crippen LogP contribution in [0.25, 0.3) is 0 Å². The molecule has 0 amide bonds. The quantitative estimate of drug-likeness (QED) is 0.543. The molecule has 0 N–H and O–H groups in total. The van der Waals surface area contributed by atoms with Gasteiger partial charge in [0, 0.05) is 0 Å². The van der Waals surface area contributed by atoms with Crippen LogP contribution in [0.1, 0.15) is 33.1 Å². The van der Waals surface area contributed by atoms with Crippen molar-refractivity contribution in [2.24, 2.45) is 11.3 Å². The van der Waals surface area contributed by atoms with Gasteiger partial charge in [-0.15, -0.1) is 0 Å². The smallest absolute Gasteiger partial charge is 0.308 e. The van der Waals surface area contributed by atoms with Crippen LogP contribution in [-0.4, -0.2) is 13.1 Å². The van der Waals surface area contributed by atoms with E-state index in [1.165, 1.54) is 7.11 Å². The largest absolute Gasteiger partial charge is 0.469 e. The summed E-state index contributed by atoms with van der Waals surface area (Å²) in [6.45, 7) is 4.41. The van der Waals surface area contributed by atoms with E-state index < -0.39 is 0 Å². The Hall–Kier alpha value is -0.530. The average molecular weight is 156 g/mol. The highest BCUT2D eigenvalue weighted by molar-refractivity contribution is 5.72. The zero-order valence-electron chi connectivity index (χ0n) is 7.52. The molecule has 1 fully saturated rings. The van der Waals surface area contributed by atoms with Crippen LogP contribution in [0.5, 0.6) is 0 Å². The third-order valence-electron chi connectivity index (χ3n) is 2.50. The number of carbonyl (C=O) groups excluding carboxylic acids is 1. The molecule has 0 heterocycles. The van der Waals surface area contributed by atoms with E-state index in [2.05, 4.69) is 18.6 Å². The summed E-state index contributed by atoms with van der Waals surface area (Å²) in [5.74, 6) is 0.130. The maximum atomic E-state index is 11.1. The molecule has 11 heavy (non-hydrogen) atoms. The molecule has 1 aliphatic rings. The topological polar surface area (TPSA) is 26.3 Å². The van der Waals surface area contributed by atoms with E-state index in [1.54, 1.807) is 0 Å². The Balaban J connectivity index is 2.48. The summed E-state index contributed by atoms with van der Waals surface area (Å²) in [6, 6.07) is 0. The van der Waals surface area contributed by atoms with Crippen molar-refractivity contribution in [1.29, 1.82) is 0 Å². The van der Waals surface area contributed by atoms with Gasteiger partial charge in [0.1, 0.15) is 0 Å². The van der Waals surface area contributed by atoms with E-state index in [9.17, 15) is 4.79 Å². The number of esters is 1.